The minimum Gasteiger partial charge on any atom is -0.321 e. The molecule has 0 radical (unpaired) electrons. The summed E-state index contributed by atoms with van der Waals surface area (Å²) in [4.78, 5) is 12.4. The number of hydrogen-bond donors (Lipinski definition) is 0. The molecule has 294 valence electrons. The van der Waals surface area contributed by atoms with Crippen molar-refractivity contribution in [2.24, 2.45) is 10.8 Å². The highest BCUT2D eigenvalue weighted by Crippen LogP contribution is 2.55. The van der Waals surface area contributed by atoms with E-state index in [2.05, 4.69) is 116 Å². The molecule has 4 aliphatic rings. The first-order valence-electron chi connectivity index (χ1n) is 19.6. The Hall–Kier alpha value is 0.460. The second kappa shape index (κ2) is 17.1. The van der Waals surface area contributed by atoms with Crippen LogP contribution in [-0.2, 0) is 27.8 Å². The summed E-state index contributed by atoms with van der Waals surface area (Å²) >= 11 is 0. The van der Waals surface area contributed by atoms with Crippen LogP contribution in [0.5, 0.6) is 0 Å². The van der Waals surface area contributed by atoms with Crippen LogP contribution < -0.4 is 0 Å². The van der Waals surface area contributed by atoms with E-state index in [4.69, 9.17) is 27.8 Å². The van der Waals surface area contributed by atoms with Crippen LogP contribution in [-0.4, -0.2) is 106 Å². The van der Waals surface area contributed by atoms with Gasteiger partial charge in [-0.1, -0.05) is 40.5 Å². The summed E-state index contributed by atoms with van der Waals surface area (Å²) in [7, 11) is -2.17. The molecule has 12 heteroatoms. The lowest BCUT2D eigenvalue weighted by Crippen LogP contribution is -2.63. The van der Waals surface area contributed by atoms with E-state index in [0.717, 1.165) is 78.0 Å². The van der Waals surface area contributed by atoms with Crippen LogP contribution in [0.3, 0.4) is 0 Å². The molecule has 0 aromatic rings. The summed E-state index contributed by atoms with van der Waals surface area (Å²) < 4.78 is 31.3. The van der Waals surface area contributed by atoms with E-state index in [9.17, 15) is 0 Å². The topological polar surface area (TPSA) is 68.3 Å². The molecular formula is C38H76N4O6P2. The highest BCUT2D eigenvalue weighted by molar-refractivity contribution is 7.44. The molecule has 4 aliphatic heterocycles. The van der Waals surface area contributed by atoms with Gasteiger partial charge in [-0.15, -0.1) is 0 Å². The highest BCUT2D eigenvalue weighted by Gasteiger charge is 2.51. The molecule has 0 aromatic carbocycles. The number of piperidine rings is 2. The molecule has 0 saturated carbocycles. The van der Waals surface area contributed by atoms with Gasteiger partial charge in [0.25, 0.3) is 17.1 Å². The van der Waals surface area contributed by atoms with Crippen molar-refractivity contribution >= 4 is 17.1 Å². The molecule has 0 unspecified atom stereocenters. The molecule has 0 spiro atoms. The van der Waals surface area contributed by atoms with Crippen molar-refractivity contribution < 1.29 is 27.8 Å². The molecule has 0 amide bonds. The van der Waals surface area contributed by atoms with Crippen molar-refractivity contribution in [2.75, 3.05) is 52.7 Å². The third-order valence-electron chi connectivity index (χ3n) is 10.7. The molecule has 0 atom stereocenters. The Morgan fingerprint density at radius 3 is 1.04 bits per heavy atom. The average Bonchev–Trinajstić information content (AvgIpc) is 2.98. The Kier molecular flexibility index (Phi) is 14.8. The minimum atomic E-state index is -1.09. The summed E-state index contributed by atoms with van der Waals surface area (Å²) in [5, 5.41) is 4.51. The monoisotopic (exact) mass is 747 g/mol. The maximum atomic E-state index is 6.51. The molecule has 4 heterocycles. The Bertz CT molecular complexity index is 938. The third-order valence-corrected chi connectivity index (χ3v) is 14.0. The van der Waals surface area contributed by atoms with E-state index in [1.165, 1.54) is 12.8 Å². The van der Waals surface area contributed by atoms with Gasteiger partial charge in [-0.3, -0.25) is 9.68 Å². The maximum absolute atomic E-state index is 6.51. The van der Waals surface area contributed by atoms with Crippen LogP contribution in [0.4, 0.5) is 0 Å². The average molecular weight is 747 g/mol. The second-order valence-electron chi connectivity index (χ2n) is 19.4. The quantitative estimate of drug-likeness (QED) is 0.120. The molecule has 0 aliphatic carbocycles. The van der Waals surface area contributed by atoms with Gasteiger partial charge in [0.1, 0.15) is 0 Å². The summed E-state index contributed by atoms with van der Waals surface area (Å²) in [6.45, 7) is 38.0. The molecule has 10 nitrogen and oxygen atoms in total. The van der Waals surface area contributed by atoms with Gasteiger partial charge in [-0.2, -0.15) is 10.1 Å². The second-order valence-corrected chi connectivity index (χ2v) is 22.4. The summed E-state index contributed by atoms with van der Waals surface area (Å²) in [6, 6.07) is 0.753. The number of hydroxylamine groups is 4. The first-order chi connectivity index (χ1) is 23.1. The molecule has 4 rings (SSSR count). The Morgan fingerprint density at radius 2 is 0.780 bits per heavy atom. The molecular weight excluding hydrogens is 670 g/mol. The Labute approximate surface area is 309 Å². The first-order valence-corrected chi connectivity index (χ1v) is 21.9. The fourth-order valence-electron chi connectivity index (χ4n) is 8.87. The standard InChI is InChI=1S/C38H76N4O6P2/c1-15-43-41-35(7,8)23-31(24-36(41,9)10)39(49-45-27-33(3,4)28-46-49)21-19-17-18-20-22-40(50-47-29-34(5,6)30-48-50)32-25-37(11,12)42(44-16-2)38(13,14)26-32/h31-32H,15-30H2,1-14H3. The number of nitrogens with zero attached hydrogens (tertiary/aromatic N) is 4. The third kappa shape index (κ3) is 11.0. The van der Waals surface area contributed by atoms with Gasteiger partial charge in [-0.25, -0.2) is 9.34 Å². The van der Waals surface area contributed by atoms with Crippen LogP contribution in [0.1, 0.15) is 148 Å². The van der Waals surface area contributed by atoms with Gasteiger partial charge < -0.3 is 18.1 Å². The fourth-order valence-corrected chi connectivity index (χ4v) is 12.9. The highest BCUT2D eigenvalue weighted by atomic mass is 31.2. The summed E-state index contributed by atoms with van der Waals surface area (Å²) in [5.74, 6) is 0. The normalized spacial score (nSPS) is 28.1. The zero-order valence-corrected chi connectivity index (χ0v) is 36.4. The van der Waals surface area contributed by atoms with Crippen LogP contribution in [0, 0.1) is 10.8 Å². The lowest BCUT2D eigenvalue weighted by molar-refractivity contribution is -0.284. The first kappa shape index (κ1) is 43.2. The van der Waals surface area contributed by atoms with Crippen molar-refractivity contribution in [1.29, 1.82) is 0 Å². The van der Waals surface area contributed by atoms with E-state index >= 15 is 0 Å². The van der Waals surface area contributed by atoms with Crippen LogP contribution in [0.25, 0.3) is 0 Å². The molecule has 0 bridgehead atoms. The molecule has 0 aromatic heterocycles. The number of unbranched alkanes of at least 4 members (excludes halogenated alkanes) is 3. The largest absolute Gasteiger partial charge is 0.321 e. The Morgan fingerprint density at radius 1 is 0.500 bits per heavy atom. The summed E-state index contributed by atoms with van der Waals surface area (Å²) in [6.07, 6.45) is 8.70. The van der Waals surface area contributed by atoms with E-state index in [1.807, 2.05) is 0 Å². The van der Waals surface area contributed by atoms with Gasteiger partial charge in [0.15, 0.2) is 0 Å². The molecule has 4 fully saturated rings. The lowest BCUT2D eigenvalue weighted by atomic mass is 9.79. The van der Waals surface area contributed by atoms with Gasteiger partial charge in [0, 0.05) is 58.2 Å². The minimum absolute atomic E-state index is 0.0559. The SMILES string of the molecule is CCON1C(C)(C)CC(N(CCCCCCN(C2CC(C)(C)N(OCC)C(C)(C)C2)P2OCC(C)(C)CO2)P2OCC(C)(C)CO2)CC1(C)C. The van der Waals surface area contributed by atoms with Crippen molar-refractivity contribution in [3.63, 3.8) is 0 Å². The maximum Gasteiger partial charge on any atom is 0.259 e. The summed E-state index contributed by atoms with van der Waals surface area (Å²) in [5.41, 5.74) is -0.234. The molecule has 50 heavy (non-hydrogen) atoms. The lowest BCUT2D eigenvalue weighted by Gasteiger charge is -2.56. The number of rotatable bonds is 15. The van der Waals surface area contributed by atoms with Gasteiger partial charge in [-0.05, 0) is 108 Å². The van der Waals surface area contributed by atoms with Crippen LogP contribution >= 0.6 is 17.1 Å². The predicted molar refractivity (Wildman–Crippen MR) is 206 cm³/mol. The van der Waals surface area contributed by atoms with E-state index in [0.29, 0.717) is 25.3 Å². The number of hydrogen-bond acceptors (Lipinski definition) is 10. The van der Waals surface area contributed by atoms with E-state index in [-0.39, 0.29) is 33.0 Å². The van der Waals surface area contributed by atoms with E-state index < -0.39 is 17.1 Å². The smallest absolute Gasteiger partial charge is 0.259 e. The predicted octanol–water partition coefficient (Wildman–Crippen LogP) is 9.70. The van der Waals surface area contributed by atoms with Crippen molar-refractivity contribution in [3.8, 4) is 0 Å². The zero-order chi connectivity index (χ0) is 37.2. The van der Waals surface area contributed by atoms with Crippen LogP contribution in [0.2, 0.25) is 0 Å². The molecule has 4 saturated heterocycles. The van der Waals surface area contributed by atoms with Crippen LogP contribution in [0.15, 0.2) is 0 Å². The van der Waals surface area contributed by atoms with Gasteiger partial charge >= 0.3 is 0 Å². The van der Waals surface area contributed by atoms with Crippen molar-refractivity contribution in [2.45, 2.75) is 183 Å². The fraction of sp³-hybridized carbons (Fsp3) is 1.00. The van der Waals surface area contributed by atoms with E-state index in [1.54, 1.807) is 0 Å². The zero-order valence-electron chi connectivity index (χ0n) is 34.6. The van der Waals surface area contributed by atoms with Crippen molar-refractivity contribution in [1.82, 2.24) is 19.5 Å². The van der Waals surface area contributed by atoms with Gasteiger partial charge in [0.05, 0.1) is 39.6 Å². The van der Waals surface area contributed by atoms with Gasteiger partial charge in [0.2, 0.25) is 0 Å². The Balaban J connectivity index is 1.40. The molecule has 0 N–H and O–H groups in total. The van der Waals surface area contributed by atoms with Crippen molar-refractivity contribution in [3.05, 3.63) is 0 Å².